The molecule has 24 heavy (non-hydrogen) atoms. The van der Waals surface area contributed by atoms with Gasteiger partial charge in [0.15, 0.2) is 16.6 Å². The first-order valence-electron chi connectivity index (χ1n) is 7.29. The Morgan fingerprint density at radius 2 is 2.04 bits per heavy atom. The quantitative estimate of drug-likeness (QED) is 0.791. The number of aryl methyl sites for hydroxylation is 1. The maximum Gasteiger partial charge on any atom is 0.276 e. The molecule has 7 heteroatoms. The number of fused-ring (bicyclic) bond motifs is 1. The fourth-order valence-corrected chi connectivity index (χ4v) is 3.06. The van der Waals surface area contributed by atoms with E-state index in [-0.39, 0.29) is 12.7 Å². The molecule has 0 fully saturated rings. The van der Waals surface area contributed by atoms with E-state index in [9.17, 15) is 4.79 Å². The molecule has 6 nitrogen and oxygen atoms in total. The highest BCUT2D eigenvalue weighted by Gasteiger charge is 2.16. The molecule has 0 aliphatic carbocycles. The maximum absolute atomic E-state index is 12.2. The molecule has 1 amide bonds. The molecule has 0 atom stereocenters. The van der Waals surface area contributed by atoms with Crippen molar-refractivity contribution in [3.63, 3.8) is 0 Å². The summed E-state index contributed by atoms with van der Waals surface area (Å²) in [6.07, 6.45) is 0. The summed E-state index contributed by atoms with van der Waals surface area (Å²) in [6.45, 7) is 2.08. The Kier molecular flexibility index (Phi) is 3.62. The van der Waals surface area contributed by atoms with E-state index < -0.39 is 0 Å². The van der Waals surface area contributed by atoms with Crippen LogP contribution in [-0.4, -0.2) is 22.7 Å². The van der Waals surface area contributed by atoms with E-state index in [1.807, 2.05) is 36.6 Å². The number of carbonyl (C=O) groups excluding carboxylic acids is 1. The highest BCUT2D eigenvalue weighted by molar-refractivity contribution is 7.14. The minimum atomic E-state index is -0.273. The lowest BCUT2D eigenvalue weighted by Crippen LogP contribution is -2.13. The second kappa shape index (κ2) is 5.93. The SMILES string of the molecule is Cc1cccc(C(=O)Nc2nc(-c3ccc4c(c3)OCO4)cs2)n1. The number of ether oxygens (including phenoxy) is 2. The molecule has 0 radical (unpaired) electrons. The van der Waals surface area contributed by atoms with Crippen molar-refractivity contribution in [2.24, 2.45) is 0 Å². The van der Waals surface area contributed by atoms with Gasteiger partial charge in [-0.15, -0.1) is 11.3 Å². The monoisotopic (exact) mass is 339 g/mol. The van der Waals surface area contributed by atoms with Gasteiger partial charge in [-0.1, -0.05) is 6.07 Å². The molecular formula is C17H13N3O3S. The lowest BCUT2D eigenvalue weighted by atomic mass is 10.1. The molecule has 1 aliphatic rings. The fraction of sp³-hybridized carbons (Fsp3) is 0.118. The summed E-state index contributed by atoms with van der Waals surface area (Å²) in [5.41, 5.74) is 2.84. The van der Waals surface area contributed by atoms with Crippen molar-refractivity contribution in [1.29, 1.82) is 0 Å². The molecule has 2 aromatic heterocycles. The van der Waals surface area contributed by atoms with Crippen molar-refractivity contribution in [3.05, 3.63) is 53.2 Å². The molecule has 0 saturated carbocycles. The molecule has 1 aromatic carbocycles. The van der Waals surface area contributed by atoms with Crippen LogP contribution in [0.3, 0.4) is 0 Å². The Morgan fingerprint density at radius 3 is 2.92 bits per heavy atom. The van der Waals surface area contributed by atoms with Crippen LogP contribution < -0.4 is 14.8 Å². The molecule has 1 aliphatic heterocycles. The largest absolute Gasteiger partial charge is 0.454 e. The third kappa shape index (κ3) is 2.81. The lowest BCUT2D eigenvalue weighted by molar-refractivity contribution is 0.102. The number of nitrogens with one attached hydrogen (secondary N) is 1. The summed E-state index contributed by atoms with van der Waals surface area (Å²) in [6, 6.07) is 11.0. The molecule has 3 aromatic rings. The number of nitrogens with zero attached hydrogens (tertiary/aromatic N) is 2. The van der Waals surface area contributed by atoms with Gasteiger partial charge in [-0.05, 0) is 37.3 Å². The van der Waals surface area contributed by atoms with Gasteiger partial charge in [0.1, 0.15) is 5.69 Å². The number of hydrogen-bond donors (Lipinski definition) is 1. The van der Waals surface area contributed by atoms with Gasteiger partial charge >= 0.3 is 0 Å². The molecule has 3 heterocycles. The molecule has 1 N–H and O–H groups in total. The van der Waals surface area contributed by atoms with Crippen LogP contribution in [0.2, 0.25) is 0 Å². The topological polar surface area (TPSA) is 73.3 Å². The van der Waals surface area contributed by atoms with Crippen LogP contribution in [-0.2, 0) is 0 Å². The zero-order chi connectivity index (χ0) is 16.5. The number of amides is 1. The van der Waals surface area contributed by atoms with Gasteiger partial charge in [-0.2, -0.15) is 0 Å². The first-order valence-corrected chi connectivity index (χ1v) is 8.17. The van der Waals surface area contributed by atoms with Gasteiger partial charge in [0.2, 0.25) is 6.79 Å². The number of hydrogen-bond acceptors (Lipinski definition) is 6. The molecule has 120 valence electrons. The average Bonchev–Trinajstić information content (AvgIpc) is 3.23. The van der Waals surface area contributed by atoms with Gasteiger partial charge in [0.25, 0.3) is 5.91 Å². The minimum Gasteiger partial charge on any atom is -0.454 e. The summed E-state index contributed by atoms with van der Waals surface area (Å²) in [7, 11) is 0. The van der Waals surface area contributed by atoms with E-state index in [2.05, 4.69) is 15.3 Å². The first kappa shape index (κ1) is 14.6. The third-order valence-corrected chi connectivity index (χ3v) is 4.27. The van der Waals surface area contributed by atoms with Crippen LogP contribution in [0.5, 0.6) is 11.5 Å². The summed E-state index contributed by atoms with van der Waals surface area (Å²) in [5.74, 6) is 1.16. The summed E-state index contributed by atoms with van der Waals surface area (Å²) in [4.78, 5) is 20.9. The number of thiazole rings is 1. The normalized spacial score (nSPS) is 12.2. The number of pyridine rings is 1. The van der Waals surface area contributed by atoms with Crippen LogP contribution in [0.4, 0.5) is 5.13 Å². The predicted molar refractivity (Wildman–Crippen MR) is 90.6 cm³/mol. The van der Waals surface area contributed by atoms with E-state index in [0.29, 0.717) is 16.6 Å². The highest BCUT2D eigenvalue weighted by Crippen LogP contribution is 2.36. The van der Waals surface area contributed by atoms with Crippen molar-refractivity contribution in [2.45, 2.75) is 6.92 Å². The lowest BCUT2D eigenvalue weighted by Gasteiger charge is -2.02. The Labute approximate surface area is 142 Å². The predicted octanol–water partition coefficient (Wildman–Crippen LogP) is 3.49. The Hall–Kier alpha value is -2.93. The number of carbonyl (C=O) groups is 1. The Morgan fingerprint density at radius 1 is 1.17 bits per heavy atom. The van der Waals surface area contributed by atoms with Crippen molar-refractivity contribution in [3.8, 4) is 22.8 Å². The molecule has 0 bridgehead atoms. The van der Waals surface area contributed by atoms with Crippen LogP contribution >= 0.6 is 11.3 Å². The molecule has 0 spiro atoms. The minimum absolute atomic E-state index is 0.237. The first-order chi connectivity index (χ1) is 11.7. The van der Waals surface area contributed by atoms with Gasteiger partial charge < -0.3 is 9.47 Å². The van der Waals surface area contributed by atoms with Crippen LogP contribution in [0.15, 0.2) is 41.8 Å². The van der Waals surface area contributed by atoms with E-state index in [0.717, 1.165) is 22.7 Å². The highest BCUT2D eigenvalue weighted by atomic mass is 32.1. The van der Waals surface area contributed by atoms with Crippen molar-refractivity contribution in [2.75, 3.05) is 12.1 Å². The smallest absolute Gasteiger partial charge is 0.276 e. The molecule has 0 saturated heterocycles. The number of aromatic nitrogens is 2. The second-order valence-corrected chi connectivity index (χ2v) is 6.08. The average molecular weight is 339 g/mol. The van der Waals surface area contributed by atoms with Crippen LogP contribution in [0, 0.1) is 6.92 Å². The van der Waals surface area contributed by atoms with E-state index in [1.165, 1.54) is 11.3 Å². The fourth-order valence-electron chi connectivity index (χ4n) is 2.35. The number of anilines is 1. The molecule has 4 rings (SSSR count). The summed E-state index contributed by atoms with van der Waals surface area (Å²) in [5, 5.41) is 5.19. The molecule has 0 unspecified atom stereocenters. The van der Waals surface area contributed by atoms with E-state index >= 15 is 0 Å². The second-order valence-electron chi connectivity index (χ2n) is 5.22. The van der Waals surface area contributed by atoms with Crippen molar-refractivity contribution < 1.29 is 14.3 Å². The van der Waals surface area contributed by atoms with Gasteiger partial charge in [-0.25, -0.2) is 9.97 Å². The third-order valence-electron chi connectivity index (χ3n) is 3.51. The van der Waals surface area contributed by atoms with E-state index in [1.54, 1.807) is 12.1 Å². The van der Waals surface area contributed by atoms with Gasteiger partial charge in [0.05, 0.1) is 5.69 Å². The van der Waals surface area contributed by atoms with E-state index in [4.69, 9.17) is 9.47 Å². The zero-order valence-electron chi connectivity index (χ0n) is 12.8. The Bertz CT molecular complexity index is 923. The van der Waals surface area contributed by atoms with Crippen LogP contribution in [0.25, 0.3) is 11.3 Å². The van der Waals surface area contributed by atoms with Crippen molar-refractivity contribution in [1.82, 2.24) is 9.97 Å². The van der Waals surface area contributed by atoms with Gasteiger partial charge in [0, 0.05) is 16.6 Å². The van der Waals surface area contributed by atoms with Crippen molar-refractivity contribution >= 4 is 22.4 Å². The number of rotatable bonds is 3. The molecular weight excluding hydrogens is 326 g/mol. The number of benzene rings is 1. The maximum atomic E-state index is 12.2. The van der Waals surface area contributed by atoms with Crippen LogP contribution in [0.1, 0.15) is 16.2 Å². The zero-order valence-corrected chi connectivity index (χ0v) is 13.6. The Balaban J connectivity index is 1.53. The summed E-state index contributed by atoms with van der Waals surface area (Å²) < 4.78 is 10.7. The standard InChI is InChI=1S/C17H13N3O3S/c1-10-3-2-4-12(18-10)16(21)20-17-19-13(8-24-17)11-5-6-14-15(7-11)23-9-22-14/h2-8H,9H2,1H3,(H,19,20,21). The summed E-state index contributed by atoms with van der Waals surface area (Å²) >= 11 is 1.36. The van der Waals surface area contributed by atoms with Gasteiger partial charge in [-0.3, -0.25) is 10.1 Å².